The number of aliphatic hydroxyl groups is 1. The second kappa shape index (κ2) is 57.5. The lowest BCUT2D eigenvalue weighted by Crippen LogP contribution is -2.30. The molecule has 0 spiro atoms. The second-order valence-corrected chi connectivity index (χ2v) is 26.9. The molecule has 0 bridgehead atoms. The van der Waals surface area contributed by atoms with Gasteiger partial charge in [-0.25, -0.2) is 9.13 Å². The van der Waals surface area contributed by atoms with Crippen LogP contribution in [0.2, 0.25) is 0 Å². The standard InChI is InChI=1S/C65H126O17P2/c1-7-11-13-15-17-18-19-23-31-37-43-49-64(69)81-60(53-75-62(67)47-41-35-27-16-14-12-8-2)55-79-83(71,72)77-51-59(66)52-78-84(73,74)80-56-61(54-76-63(68)48-42-36-30-26-25-29-34-40-46-58(6)10-4)82-65(70)50-44-38-32-24-21-20-22-28-33-39-45-57(5)9-3/h57-61,66H,7-56H2,1-6H3,(H,71,72)(H,73,74)/t57?,58?,59-,60+,61+/m0/s1. The van der Waals surface area contributed by atoms with Crippen molar-refractivity contribution in [2.45, 2.75) is 342 Å². The third kappa shape index (κ3) is 56.6. The maximum absolute atomic E-state index is 13.0. The maximum Gasteiger partial charge on any atom is 0.472 e. The van der Waals surface area contributed by atoms with E-state index in [2.05, 4.69) is 41.5 Å². The number of phosphoric ester groups is 2. The first-order chi connectivity index (χ1) is 40.4. The number of rotatable bonds is 64. The van der Waals surface area contributed by atoms with Gasteiger partial charge in [-0.3, -0.25) is 37.3 Å². The zero-order valence-electron chi connectivity index (χ0n) is 54.2. The van der Waals surface area contributed by atoms with E-state index < -0.39 is 97.5 Å². The highest BCUT2D eigenvalue weighted by atomic mass is 31.2. The molecule has 4 unspecified atom stereocenters. The fourth-order valence-electron chi connectivity index (χ4n) is 9.64. The lowest BCUT2D eigenvalue weighted by atomic mass is 9.99. The first-order valence-corrected chi connectivity index (χ1v) is 37.1. The van der Waals surface area contributed by atoms with Crippen LogP contribution in [0.25, 0.3) is 0 Å². The van der Waals surface area contributed by atoms with E-state index in [1.165, 1.54) is 128 Å². The monoisotopic (exact) mass is 1240 g/mol. The number of phosphoric acid groups is 2. The number of hydrogen-bond acceptors (Lipinski definition) is 15. The summed E-state index contributed by atoms with van der Waals surface area (Å²) in [5, 5.41) is 10.5. The van der Waals surface area contributed by atoms with Gasteiger partial charge in [0.25, 0.3) is 0 Å². The summed E-state index contributed by atoms with van der Waals surface area (Å²) < 4.78 is 68.0. The van der Waals surface area contributed by atoms with Crippen LogP contribution < -0.4 is 0 Å². The van der Waals surface area contributed by atoms with Crippen molar-refractivity contribution in [3.8, 4) is 0 Å². The average molecular weight is 1240 g/mol. The zero-order valence-corrected chi connectivity index (χ0v) is 56.0. The molecule has 0 radical (unpaired) electrons. The molecule has 0 saturated carbocycles. The van der Waals surface area contributed by atoms with E-state index in [-0.39, 0.29) is 25.7 Å². The summed E-state index contributed by atoms with van der Waals surface area (Å²) in [6.45, 7) is 9.49. The molecule has 0 rings (SSSR count). The van der Waals surface area contributed by atoms with Gasteiger partial charge in [-0.1, -0.05) is 273 Å². The molecule has 0 aromatic heterocycles. The number of esters is 4. The van der Waals surface area contributed by atoms with E-state index in [9.17, 15) is 43.2 Å². The summed E-state index contributed by atoms with van der Waals surface area (Å²) in [5.74, 6) is -0.555. The van der Waals surface area contributed by atoms with Gasteiger partial charge < -0.3 is 33.8 Å². The minimum atomic E-state index is -4.95. The molecule has 3 N–H and O–H groups in total. The van der Waals surface area contributed by atoms with Crippen LogP contribution in [0, 0.1) is 11.8 Å². The number of carbonyl (C=O) groups is 4. The van der Waals surface area contributed by atoms with E-state index in [0.717, 1.165) is 115 Å². The van der Waals surface area contributed by atoms with Crippen LogP contribution >= 0.6 is 15.6 Å². The fraction of sp³-hybridized carbons (Fsp3) is 0.938. The predicted octanol–water partition coefficient (Wildman–Crippen LogP) is 18.0. The smallest absolute Gasteiger partial charge is 0.462 e. The molecule has 84 heavy (non-hydrogen) atoms. The second-order valence-electron chi connectivity index (χ2n) is 24.0. The van der Waals surface area contributed by atoms with Crippen molar-refractivity contribution in [1.82, 2.24) is 0 Å². The first-order valence-electron chi connectivity index (χ1n) is 34.1. The average Bonchev–Trinajstić information content (AvgIpc) is 3.60. The highest BCUT2D eigenvalue weighted by Gasteiger charge is 2.30. The van der Waals surface area contributed by atoms with Crippen molar-refractivity contribution in [2.75, 3.05) is 39.6 Å². The van der Waals surface area contributed by atoms with E-state index in [1.54, 1.807) is 0 Å². The van der Waals surface area contributed by atoms with Crippen LogP contribution in [-0.2, 0) is 65.4 Å². The van der Waals surface area contributed by atoms with Crippen molar-refractivity contribution < 1.29 is 80.2 Å². The van der Waals surface area contributed by atoms with Crippen molar-refractivity contribution >= 4 is 39.5 Å². The van der Waals surface area contributed by atoms with Crippen molar-refractivity contribution in [3.63, 3.8) is 0 Å². The third-order valence-corrected chi connectivity index (χ3v) is 17.6. The van der Waals surface area contributed by atoms with Gasteiger partial charge in [-0.05, 0) is 37.5 Å². The molecule has 0 saturated heterocycles. The molecule has 0 aliphatic heterocycles. The zero-order chi connectivity index (χ0) is 62.2. The molecule has 19 heteroatoms. The van der Waals surface area contributed by atoms with Crippen molar-refractivity contribution in [1.29, 1.82) is 0 Å². The van der Waals surface area contributed by atoms with E-state index in [1.807, 2.05) is 0 Å². The largest absolute Gasteiger partial charge is 0.472 e. The molecule has 0 fully saturated rings. The summed E-state index contributed by atoms with van der Waals surface area (Å²) in [5.41, 5.74) is 0. The lowest BCUT2D eigenvalue weighted by molar-refractivity contribution is -0.161. The van der Waals surface area contributed by atoms with Crippen LogP contribution in [0.5, 0.6) is 0 Å². The molecule has 7 atom stereocenters. The summed E-state index contributed by atoms with van der Waals surface area (Å²) >= 11 is 0. The Labute approximate surface area is 511 Å². The van der Waals surface area contributed by atoms with E-state index in [4.69, 9.17) is 37.0 Å². The summed E-state index contributed by atoms with van der Waals surface area (Å²) in [6.07, 6.45) is 40.2. The molecule has 0 aliphatic rings. The first kappa shape index (κ1) is 82.1. The molecule has 0 aliphatic carbocycles. The number of unbranched alkanes of at least 4 members (excludes halogenated alkanes) is 32. The van der Waals surface area contributed by atoms with Crippen LogP contribution in [0.15, 0.2) is 0 Å². The minimum Gasteiger partial charge on any atom is -0.462 e. The van der Waals surface area contributed by atoms with Gasteiger partial charge in [0.05, 0.1) is 26.4 Å². The summed E-state index contributed by atoms with van der Waals surface area (Å²) in [4.78, 5) is 72.2. The third-order valence-electron chi connectivity index (χ3n) is 15.7. The van der Waals surface area contributed by atoms with Crippen molar-refractivity contribution in [3.05, 3.63) is 0 Å². The topological polar surface area (TPSA) is 237 Å². The Morgan fingerprint density at radius 2 is 0.571 bits per heavy atom. The molecular formula is C65H126O17P2. The number of hydrogen-bond donors (Lipinski definition) is 3. The summed E-state index contributed by atoms with van der Waals surface area (Å²) in [6, 6.07) is 0. The van der Waals surface area contributed by atoms with Gasteiger partial charge in [0.2, 0.25) is 0 Å². The Bertz CT molecular complexity index is 1650. The molecule has 0 aromatic carbocycles. The van der Waals surface area contributed by atoms with E-state index >= 15 is 0 Å². The quantitative estimate of drug-likeness (QED) is 0.0222. The van der Waals surface area contributed by atoms with Gasteiger partial charge in [-0.2, -0.15) is 0 Å². The molecule has 0 amide bonds. The number of carbonyl (C=O) groups excluding carboxylic acids is 4. The van der Waals surface area contributed by atoms with Gasteiger partial charge in [-0.15, -0.1) is 0 Å². The minimum absolute atomic E-state index is 0.106. The van der Waals surface area contributed by atoms with Crippen molar-refractivity contribution in [2.24, 2.45) is 11.8 Å². The maximum atomic E-state index is 13.0. The van der Waals surface area contributed by atoms with Crippen LogP contribution in [0.3, 0.4) is 0 Å². The number of ether oxygens (including phenoxy) is 4. The summed E-state index contributed by atoms with van der Waals surface area (Å²) in [7, 11) is -9.89. The highest BCUT2D eigenvalue weighted by Crippen LogP contribution is 2.45. The number of aliphatic hydroxyl groups excluding tert-OH is 1. The van der Waals surface area contributed by atoms with Gasteiger partial charge in [0, 0.05) is 25.7 Å². The normalized spacial score (nSPS) is 14.9. The van der Waals surface area contributed by atoms with Gasteiger partial charge in [0.15, 0.2) is 12.2 Å². The van der Waals surface area contributed by atoms with E-state index in [0.29, 0.717) is 25.7 Å². The molecule has 498 valence electrons. The lowest BCUT2D eigenvalue weighted by Gasteiger charge is -2.21. The SMILES string of the molecule is CCCCCCCCCCCCCC(=O)O[C@H](COC(=O)CCCCCCCCC)COP(=O)(O)OC[C@H](O)COP(=O)(O)OC[C@@H](COC(=O)CCCCCCCCCCC(C)CC)OC(=O)CCCCCCCCCCCCC(C)CC. The Morgan fingerprint density at radius 3 is 0.845 bits per heavy atom. The van der Waals surface area contributed by atoms with Gasteiger partial charge in [0.1, 0.15) is 19.3 Å². The predicted molar refractivity (Wildman–Crippen MR) is 335 cm³/mol. The fourth-order valence-corrected chi connectivity index (χ4v) is 11.2. The Morgan fingerprint density at radius 1 is 0.333 bits per heavy atom. The Hall–Kier alpha value is -1.94. The molecule has 0 aromatic rings. The highest BCUT2D eigenvalue weighted by molar-refractivity contribution is 7.47. The van der Waals surface area contributed by atoms with Crippen LogP contribution in [0.4, 0.5) is 0 Å². The molecular weight excluding hydrogens is 1110 g/mol. The van der Waals surface area contributed by atoms with Crippen LogP contribution in [0.1, 0.15) is 324 Å². The van der Waals surface area contributed by atoms with Gasteiger partial charge >= 0.3 is 39.5 Å². The van der Waals surface area contributed by atoms with Crippen LogP contribution in [-0.4, -0.2) is 96.7 Å². The Balaban J connectivity index is 5.23. The Kier molecular flexibility index (Phi) is 56.2. The molecule has 17 nitrogen and oxygen atoms in total. The molecule has 0 heterocycles.